The highest BCUT2D eigenvalue weighted by Gasteiger charge is 2.37. The molecule has 2 fully saturated rings. The van der Waals surface area contributed by atoms with Gasteiger partial charge in [0, 0.05) is 39.6 Å². The van der Waals surface area contributed by atoms with Crippen molar-refractivity contribution < 1.29 is 19.8 Å². The maximum Gasteiger partial charge on any atom is 0.309 e. The summed E-state index contributed by atoms with van der Waals surface area (Å²) >= 11 is 0. The molecule has 0 unspecified atom stereocenters. The number of benzene rings is 1. The average Bonchev–Trinajstić information content (AvgIpc) is 2.86. The van der Waals surface area contributed by atoms with E-state index >= 15 is 0 Å². The van der Waals surface area contributed by atoms with Crippen LogP contribution in [0.15, 0.2) is 30.3 Å². The van der Waals surface area contributed by atoms with E-state index in [9.17, 15) is 19.8 Å². The summed E-state index contributed by atoms with van der Waals surface area (Å²) in [6, 6.07) is 10.4. The lowest BCUT2D eigenvalue weighted by Crippen LogP contribution is -2.47. The minimum absolute atomic E-state index is 0.0924. The second-order valence-corrected chi connectivity index (χ2v) is 8.14. The lowest BCUT2D eigenvalue weighted by Gasteiger charge is -2.39. The van der Waals surface area contributed by atoms with Gasteiger partial charge in [-0.3, -0.25) is 14.5 Å². The minimum Gasteiger partial charge on any atom is -0.481 e. The van der Waals surface area contributed by atoms with Crippen molar-refractivity contribution >= 4 is 11.9 Å². The van der Waals surface area contributed by atoms with Gasteiger partial charge in [0.05, 0.1) is 11.5 Å². The van der Waals surface area contributed by atoms with Crippen LogP contribution in [0.3, 0.4) is 0 Å². The molecule has 0 radical (unpaired) electrons. The zero-order chi connectivity index (χ0) is 19.4. The summed E-state index contributed by atoms with van der Waals surface area (Å²) < 4.78 is 0. The van der Waals surface area contributed by atoms with Crippen molar-refractivity contribution in [2.45, 2.75) is 44.1 Å². The van der Waals surface area contributed by atoms with E-state index in [0.717, 1.165) is 25.7 Å². The zero-order valence-corrected chi connectivity index (χ0v) is 16.0. The molecule has 2 aliphatic rings. The summed E-state index contributed by atoms with van der Waals surface area (Å²) in [6.07, 6.45) is 3.32. The van der Waals surface area contributed by atoms with Crippen LogP contribution in [0.5, 0.6) is 0 Å². The van der Waals surface area contributed by atoms with Crippen LogP contribution in [-0.4, -0.2) is 70.2 Å². The number of rotatable bonds is 4. The summed E-state index contributed by atoms with van der Waals surface area (Å²) in [5, 5.41) is 20.6. The fourth-order valence-electron chi connectivity index (χ4n) is 4.45. The van der Waals surface area contributed by atoms with E-state index in [0.29, 0.717) is 32.1 Å². The monoisotopic (exact) mass is 374 g/mol. The van der Waals surface area contributed by atoms with Crippen molar-refractivity contribution in [1.82, 2.24) is 9.80 Å². The third kappa shape index (κ3) is 5.08. The molecule has 6 nitrogen and oxygen atoms in total. The number of hydrogen-bond donors (Lipinski definition) is 2. The fraction of sp³-hybridized carbons (Fsp3) is 0.619. The smallest absolute Gasteiger partial charge is 0.309 e. The highest BCUT2D eigenvalue weighted by molar-refractivity contribution is 5.75. The highest BCUT2D eigenvalue weighted by Crippen LogP contribution is 2.38. The molecule has 1 aromatic rings. The number of carbonyl (C=O) groups is 2. The quantitative estimate of drug-likeness (QED) is 0.842. The molecule has 3 rings (SSSR count). The van der Waals surface area contributed by atoms with Gasteiger partial charge in [-0.2, -0.15) is 0 Å². The molecule has 0 spiro atoms. The van der Waals surface area contributed by atoms with Gasteiger partial charge in [0.2, 0.25) is 5.91 Å². The number of carboxylic acids is 1. The average molecular weight is 374 g/mol. The van der Waals surface area contributed by atoms with Crippen LogP contribution >= 0.6 is 0 Å². The molecular formula is C21H30N2O4. The van der Waals surface area contributed by atoms with Crippen molar-refractivity contribution in [3.8, 4) is 0 Å². The number of hydrogen-bond acceptors (Lipinski definition) is 4. The van der Waals surface area contributed by atoms with Crippen molar-refractivity contribution in [3.63, 3.8) is 0 Å². The number of amides is 1. The Labute approximate surface area is 160 Å². The third-order valence-electron chi connectivity index (χ3n) is 6.11. The Hall–Kier alpha value is -1.92. The summed E-state index contributed by atoms with van der Waals surface area (Å²) in [5.41, 5.74) is 0.553. The molecule has 27 heavy (non-hydrogen) atoms. The molecule has 1 amide bonds. The van der Waals surface area contributed by atoms with E-state index in [1.165, 1.54) is 12.5 Å². The first-order valence-corrected chi connectivity index (χ1v) is 9.84. The minimum atomic E-state index is -0.882. The Bertz CT molecular complexity index is 655. The molecule has 1 heterocycles. The fourth-order valence-corrected chi connectivity index (χ4v) is 4.45. The van der Waals surface area contributed by atoms with Crippen LogP contribution in [-0.2, 0) is 9.59 Å². The van der Waals surface area contributed by atoms with Crippen molar-refractivity contribution in [2.24, 2.45) is 5.92 Å². The van der Waals surface area contributed by atoms with Gasteiger partial charge in [-0.25, -0.2) is 0 Å². The van der Waals surface area contributed by atoms with Crippen LogP contribution < -0.4 is 0 Å². The number of β-amino-alcohol motifs (C(OH)–C–C–N with tert-alkyl or cyclic N) is 1. The van der Waals surface area contributed by atoms with E-state index in [4.69, 9.17) is 0 Å². The number of aliphatic carboxylic acids is 1. The third-order valence-corrected chi connectivity index (χ3v) is 6.11. The normalized spacial score (nSPS) is 29.9. The first-order chi connectivity index (χ1) is 12.9. The van der Waals surface area contributed by atoms with E-state index in [1.807, 2.05) is 11.0 Å². The van der Waals surface area contributed by atoms with E-state index < -0.39 is 17.5 Å². The van der Waals surface area contributed by atoms with Gasteiger partial charge in [0.1, 0.15) is 0 Å². The number of carboxylic acid groups (broad SMARTS) is 1. The van der Waals surface area contributed by atoms with Crippen LogP contribution in [0.4, 0.5) is 0 Å². The second-order valence-electron chi connectivity index (χ2n) is 8.14. The summed E-state index contributed by atoms with van der Waals surface area (Å²) in [6.45, 7) is 3.70. The van der Waals surface area contributed by atoms with Gasteiger partial charge in [-0.15, -0.1) is 0 Å². The number of carbonyl (C=O) groups excluding carboxylic acids is 1. The standard InChI is InChI=1S/C21H30N2O4/c1-16(24)23-12-11-22(13-19(14-23)20(25)26)15-21(27)9-7-18(8-10-21)17-5-3-2-4-6-17/h2-6,18-19,27H,7-15H2,1H3,(H,25,26)/t18?,19-,21?/m0/s1. The predicted molar refractivity (Wildman–Crippen MR) is 102 cm³/mol. The molecule has 1 aliphatic heterocycles. The van der Waals surface area contributed by atoms with E-state index in [-0.39, 0.29) is 12.5 Å². The Morgan fingerprint density at radius 3 is 2.37 bits per heavy atom. The van der Waals surface area contributed by atoms with E-state index in [2.05, 4.69) is 24.3 Å². The van der Waals surface area contributed by atoms with Crippen LogP contribution in [0.25, 0.3) is 0 Å². The SMILES string of the molecule is CC(=O)N1CCN(CC2(O)CCC(c3ccccc3)CC2)C[C@H](C(=O)O)C1. The molecule has 1 atom stereocenters. The molecule has 1 saturated heterocycles. The van der Waals surface area contributed by atoms with Gasteiger partial charge < -0.3 is 15.1 Å². The maximum atomic E-state index is 11.7. The Morgan fingerprint density at radius 1 is 1.11 bits per heavy atom. The molecule has 148 valence electrons. The maximum absolute atomic E-state index is 11.7. The van der Waals surface area contributed by atoms with Gasteiger partial charge in [-0.1, -0.05) is 30.3 Å². The van der Waals surface area contributed by atoms with Gasteiger partial charge in [0.25, 0.3) is 0 Å². The van der Waals surface area contributed by atoms with Crippen LogP contribution in [0, 0.1) is 5.92 Å². The Kier molecular flexibility index (Phi) is 6.17. The van der Waals surface area contributed by atoms with Crippen molar-refractivity contribution in [3.05, 3.63) is 35.9 Å². The molecule has 6 heteroatoms. The van der Waals surface area contributed by atoms with E-state index in [1.54, 1.807) is 4.90 Å². The first kappa shape index (κ1) is 19.8. The Morgan fingerprint density at radius 2 is 1.78 bits per heavy atom. The van der Waals surface area contributed by atoms with Crippen molar-refractivity contribution in [2.75, 3.05) is 32.7 Å². The molecule has 0 aromatic heterocycles. The van der Waals surface area contributed by atoms with Crippen LogP contribution in [0.2, 0.25) is 0 Å². The Balaban J connectivity index is 1.60. The van der Waals surface area contributed by atoms with Gasteiger partial charge in [0.15, 0.2) is 0 Å². The van der Waals surface area contributed by atoms with Gasteiger partial charge >= 0.3 is 5.97 Å². The first-order valence-electron chi connectivity index (χ1n) is 9.84. The molecule has 2 N–H and O–H groups in total. The summed E-state index contributed by atoms with van der Waals surface area (Å²) in [7, 11) is 0. The largest absolute Gasteiger partial charge is 0.481 e. The van der Waals surface area contributed by atoms with Crippen LogP contribution in [0.1, 0.15) is 44.1 Å². The molecule has 0 bridgehead atoms. The molecule has 1 aliphatic carbocycles. The molecular weight excluding hydrogens is 344 g/mol. The molecule has 1 aromatic carbocycles. The molecule has 1 saturated carbocycles. The number of aliphatic hydroxyl groups is 1. The van der Waals surface area contributed by atoms with Crippen molar-refractivity contribution in [1.29, 1.82) is 0 Å². The topological polar surface area (TPSA) is 81.1 Å². The van der Waals surface area contributed by atoms with Gasteiger partial charge in [-0.05, 0) is 37.2 Å². The summed E-state index contributed by atoms with van der Waals surface area (Å²) in [4.78, 5) is 26.9. The number of nitrogens with zero attached hydrogens (tertiary/aromatic N) is 2. The highest BCUT2D eigenvalue weighted by atomic mass is 16.4. The summed E-state index contributed by atoms with van der Waals surface area (Å²) in [5.74, 6) is -1.10. The predicted octanol–water partition coefficient (Wildman–Crippen LogP) is 1.94. The lowest BCUT2D eigenvalue weighted by atomic mass is 9.76. The second kappa shape index (κ2) is 8.40. The lowest BCUT2D eigenvalue weighted by molar-refractivity contribution is -0.143. The zero-order valence-electron chi connectivity index (χ0n) is 16.0.